The molecule has 0 aliphatic heterocycles. The van der Waals surface area contributed by atoms with Crippen LogP contribution in [0.3, 0.4) is 0 Å². The van der Waals surface area contributed by atoms with Gasteiger partial charge in [-0.25, -0.2) is 0 Å². The summed E-state index contributed by atoms with van der Waals surface area (Å²) in [6, 6.07) is 8.86. The maximum Gasteiger partial charge on any atom is 0.325 e. The highest BCUT2D eigenvalue weighted by molar-refractivity contribution is 7.23. The van der Waals surface area contributed by atoms with Crippen molar-refractivity contribution < 1.29 is 4.57 Å². The monoisotopic (exact) mass is 365 g/mol. The van der Waals surface area contributed by atoms with E-state index in [-0.39, 0.29) is 14.4 Å². The molecule has 0 amide bonds. The van der Waals surface area contributed by atoms with Crippen LogP contribution in [0, 0.1) is 47.5 Å². The van der Waals surface area contributed by atoms with Crippen molar-refractivity contribution in [2.45, 2.75) is 41.5 Å². The minimum absolute atomic E-state index is 0.172. The maximum atomic E-state index is 11.3. The van der Waals surface area contributed by atoms with Crippen LogP contribution in [0.5, 0.6) is 0 Å². The number of aryl methyl sites for hydroxylation is 6. The molecule has 0 spiro atoms. The van der Waals surface area contributed by atoms with Crippen LogP contribution in [0.1, 0.15) is 44.5 Å². The fraction of sp³-hybridized carbons (Fsp3) is 0.333. The molecule has 0 aromatic heterocycles. The number of benzene rings is 2. The molecule has 0 aliphatic rings. The first-order chi connectivity index (χ1) is 12.3. The number of rotatable bonds is 6. The molecule has 1 atom stereocenters. The molecule has 2 aromatic rings. The second kappa shape index (κ2) is 9.10. The molecule has 0 saturated carbocycles. The van der Waals surface area contributed by atoms with Crippen LogP contribution in [0.4, 0.5) is 0 Å². The Morgan fingerprint density at radius 1 is 0.731 bits per heavy atom. The Labute approximate surface area is 160 Å². The lowest BCUT2D eigenvalue weighted by Crippen LogP contribution is -1.95. The van der Waals surface area contributed by atoms with Crippen molar-refractivity contribution in [2.24, 2.45) is 5.92 Å². The average Bonchev–Trinajstić information content (AvgIpc) is 2.52. The molecule has 1 unspecified atom stereocenters. The lowest BCUT2D eigenvalue weighted by Gasteiger charge is -2.09. The first-order valence-corrected chi connectivity index (χ1v) is 10.3. The minimum atomic E-state index is -0.294. The third-order valence-electron chi connectivity index (χ3n) is 4.82. The fourth-order valence-corrected chi connectivity index (χ4v) is 4.11. The van der Waals surface area contributed by atoms with Gasteiger partial charge in [-0.3, -0.25) is 0 Å². The number of hydrogen-bond donors (Lipinski definition) is 0. The summed E-state index contributed by atoms with van der Waals surface area (Å²) in [7, 11) is -0.294. The molecule has 136 valence electrons. The van der Waals surface area contributed by atoms with E-state index in [0.717, 1.165) is 0 Å². The molecule has 0 bridgehead atoms. The van der Waals surface area contributed by atoms with E-state index in [0.29, 0.717) is 6.16 Å². The Morgan fingerprint density at radius 3 is 1.38 bits per heavy atom. The third-order valence-corrected chi connectivity index (χ3v) is 5.45. The normalized spacial score (nSPS) is 13.2. The summed E-state index contributed by atoms with van der Waals surface area (Å²) in [6.07, 6.45) is 9.40. The van der Waals surface area contributed by atoms with Gasteiger partial charge in [-0.05, 0) is 74.9 Å². The van der Waals surface area contributed by atoms with Crippen molar-refractivity contribution in [3.63, 3.8) is 0 Å². The molecule has 1 nitrogen and oxygen atoms in total. The zero-order valence-electron chi connectivity index (χ0n) is 16.8. The highest BCUT2D eigenvalue weighted by Gasteiger charge is 2.08. The van der Waals surface area contributed by atoms with Crippen LogP contribution in [-0.2, 0) is 4.57 Å². The predicted molar refractivity (Wildman–Crippen MR) is 117 cm³/mol. The van der Waals surface area contributed by atoms with E-state index in [1.807, 2.05) is 0 Å². The molecule has 26 heavy (non-hydrogen) atoms. The zero-order valence-corrected chi connectivity index (χ0v) is 17.8. The molecule has 2 heteroatoms. The average molecular weight is 365 g/mol. The van der Waals surface area contributed by atoms with Crippen LogP contribution < -0.4 is 0 Å². The summed E-state index contributed by atoms with van der Waals surface area (Å²) in [5.74, 6) is 0.172. The molecule has 0 N–H and O–H groups in total. The topological polar surface area (TPSA) is 17.1 Å². The van der Waals surface area contributed by atoms with Gasteiger partial charge in [0.2, 0.25) is 0 Å². The van der Waals surface area contributed by atoms with Gasteiger partial charge >= 0.3 is 8.46 Å². The zero-order chi connectivity index (χ0) is 19.3. The van der Waals surface area contributed by atoms with E-state index < -0.39 is 0 Å². The van der Waals surface area contributed by atoms with E-state index in [4.69, 9.17) is 0 Å². The van der Waals surface area contributed by atoms with Crippen molar-refractivity contribution in [3.8, 4) is 0 Å². The highest BCUT2D eigenvalue weighted by Crippen LogP contribution is 2.22. The van der Waals surface area contributed by atoms with E-state index in [1.165, 1.54) is 44.5 Å². The number of hydrogen-bond acceptors (Lipinski definition) is 1. The summed E-state index contributed by atoms with van der Waals surface area (Å²) in [6.45, 7) is 12.9. The van der Waals surface area contributed by atoms with Gasteiger partial charge in [0.25, 0.3) is 0 Å². The van der Waals surface area contributed by atoms with Crippen molar-refractivity contribution in [2.75, 3.05) is 6.16 Å². The fourth-order valence-electron chi connectivity index (χ4n) is 3.64. The smallest absolute Gasteiger partial charge is 0.0774 e. The summed E-state index contributed by atoms with van der Waals surface area (Å²) < 4.78 is 11.3. The summed E-state index contributed by atoms with van der Waals surface area (Å²) in [5.41, 5.74) is 10.3. The molecule has 0 heterocycles. The Balaban J connectivity index is 2.29. The van der Waals surface area contributed by atoms with Crippen molar-refractivity contribution in [3.05, 3.63) is 80.9 Å². The van der Waals surface area contributed by atoms with Crippen molar-refractivity contribution in [1.82, 2.24) is 0 Å². The largest absolute Gasteiger partial charge is 0.325 e. The van der Waals surface area contributed by atoms with Crippen LogP contribution in [0.25, 0.3) is 12.2 Å². The van der Waals surface area contributed by atoms with E-state index >= 15 is 0 Å². The van der Waals surface area contributed by atoms with Gasteiger partial charge < -0.3 is 0 Å². The summed E-state index contributed by atoms with van der Waals surface area (Å²) in [4.78, 5) is 0. The molecule has 0 fully saturated rings. The first-order valence-electron chi connectivity index (χ1n) is 9.19. The quantitative estimate of drug-likeness (QED) is 0.509. The van der Waals surface area contributed by atoms with Gasteiger partial charge in [-0.1, -0.05) is 64.3 Å². The SMILES string of the molecule is Cc1cc(C)c(C=CC(C=Cc2c(C)cc(C)cc2C)C[PH+]=O)c(C)c1. The summed E-state index contributed by atoms with van der Waals surface area (Å²) >= 11 is 0. The van der Waals surface area contributed by atoms with Crippen LogP contribution in [0.2, 0.25) is 0 Å². The van der Waals surface area contributed by atoms with Gasteiger partial charge in [-0.2, -0.15) is 0 Å². The second-order valence-corrected chi connectivity index (χ2v) is 8.05. The van der Waals surface area contributed by atoms with Gasteiger partial charge in [0.1, 0.15) is 0 Å². The molecule has 2 aromatic carbocycles. The van der Waals surface area contributed by atoms with Crippen molar-refractivity contribution in [1.29, 1.82) is 0 Å². The molecular formula is C24H30OP+. The number of allylic oxidation sites excluding steroid dienone is 2. The third kappa shape index (κ3) is 5.26. The molecule has 0 aliphatic carbocycles. The van der Waals surface area contributed by atoms with E-state index in [1.54, 1.807) is 0 Å². The Kier molecular flexibility index (Phi) is 7.12. The van der Waals surface area contributed by atoms with Gasteiger partial charge in [0.05, 0.1) is 0 Å². The van der Waals surface area contributed by atoms with Crippen LogP contribution in [-0.4, -0.2) is 6.16 Å². The van der Waals surface area contributed by atoms with E-state index in [2.05, 4.69) is 90.1 Å². The maximum absolute atomic E-state index is 11.3. The van der Waals surface area contributed by atoms with Crippen molar-refractivity contribution >= 4 is 20.6 Å². The minimum Gasteiger partial charge on any atom is -0.0774 e. The Hall–Kier alpha value is -1.98. The molecule has 0 radical (unpaired) electrons. The van der Waals surface area contributed by atoms with Gasteiger partial charge in [0, 0.05) is 5.92 Å². The lowest BCUT2D eigenvalue weighted by atomic mass is 9.96. The van der Waals surface area contributed by atoms with Crippen LogP contribution >= 0.6 is 8.46 Å². The second-order valence-electron chi connectivity index (χ2n) is 7.36. The molecule has 2 rings (SSSR count). The summed E-state index contributed by atoms with van der Waals surface area (Å²) in [5, 5.41) is 0. The lowest BCUT2D eigenvalue weighted by molar-refractivity contribution is 0.596. The Bertz CT molecular complexity index is 745. The van der Waals surface area contributed by atoms with Gasteiger partial charge in [0.15, 0.2) is 6.16 Å². The first kappa shape index (κ1) is 20.3. The Morgan fingerprint density at radius 2 is 1.08 bits per heavy atom. The van der Waals surface area contributed by atoms with Crippen LogP contribution in [0.15, 0.2) is 36.4 Å². The van der Waals surface area contributed by atoms with Gasteiger partial charge in [-0.15, -0.1) is 0 Å². The van der Waals surface area contributed by atoms with E-state index in [9.17, 15) is 4.57 Å². The predicted octanol–water partition coefficient (Wildman–Crippen LogP) is 6.90. The highest BCUT2D eigenvalue weighted by atomic mass is 31.1. The molecule has 0 saturated heterocycles. The standard InChI is InChI=1S/C24H29OP/c1-16-11-18(3)23(19(4)12-16)9-7-22(15-26-25)8-10-24-20(5)13-17(2)14-21(24)6/h7-14,22H,15H2,1-6H3/p+1. The molecular weight excluding hydrogens is 335 g/mol.